The maximum atomic E-state index is 11.5. The highest BCUT2D eigenvalue weighted by Crippen LogP contribution is 2.17. The smallest absolute Gasteiger partial charge is 0.251 e. The van der Waals surface area contributed by atoms with Crippen LogP contribution in [0.1, 0.15) is 12.8 Å². The van der Waals surface area contributed by atoms with E-state index in [2.05, 4.69) is 0 Å². The van der Waals surface area contributed by atoms with E-state index >= 15 is 0 Å². The predicted octanol–water partition coefficient (Wildman–Crippen LogP) is -0.665. The van der Waals surface area contributed by atoms with Crippen molar-refractivity contribution in [2.45, 2.75) is 25.0 Å². The molecule has 2 fully saturated rings. The first-order chi connectivity index (χ1) is 5.77. The van der Waals surface area contributed by atoms with Crippen LogP contribution in [0.3, 0.4) is 0 Å². The number of ether oxygens (including phenoxy) is 1. The second-order valence-electron chi connectivity index (χ2n) is 3.50. The van der Waals surface area contributed by atoms with Gasteiger partial charge in [-0.1, -0.05) is 0 Å². The van der Waals surface area contributed by atoms with Crippen molar-refractivity contribution in [2.24, 2.45) is 5.73 Å². The van der Waals surface area contributed by atoms with Gasteiger partial charge in [0.15, 0.2) is 0 Å². The van der Waals surface area contributed by atoms with Crippen molar-refractivity contribution < 1.29 is 9.53 Å². The van der Waals surface area contributed by atoms with Gasteiger partial charge in [0.2, 0.25) is 0 Å². The van der Waals surface area contributed by atoms with E-state index in [9.17, 15) is 4.79 Å². The lowest BCUT2D eigenvalue weighted by Gasteiger charge is -2.38. The monoisotopic (exact) mass is 170 g/mol. The first-order valence-corrected chi connectivity index (χ1v) is 4.43. The molecule has 0 saturated carbocycles. The van der Waals surface area contributed by atoms with Crippen LogP contribution in [0.4, 0.5) is 0 Å². The molecule has 1 amide bonds. The fourth-order valence-corrected chi connectivity index (χ4v) is 1.67. The predicted molar refractivity (Wildman–Crippen MR) is 43.5 cm³/mol. The molecule has 2 aliphatic rings. The topological polar surface area (TPSA) is 55.6 Å². The van der Waals surface area contributed by atoms with Crippen LogP contribution in [-0.2, 0) is 9.53 Å². The summed E-state index contributed by atoms with van der Waals surface area (Å²) in [6.45, 7) is 2.15. The zero-order valence-electron chi connectivity index (χ0n) is 7.03. The van der Waals surface area contributed by atoms with Crippen LogP contribution in [0.15, 0.2) is 0 Å². The fraction of sp³-hybridized carbons (Fsp3) is 0.875. The van der Waals surface area contributed by atoms with E-state index in [-0.39, 0.29) is 18.1 Å². The van der Waals surface area contributed by atoms with Crippen molar-refractivity contribution in [2.75, 3.05) is 19.7 Å². The van der Waals surface area contributed by atoms with Gasteiger partial charge in [0.25, 0.3) is 5.91 Å². The van der Waals surface area contributed by atoms with E-state index in [1.54, 1.807) is 4.90 Å². The number of hydrogen-bond acceptors (Lipinski definition) is 3. The Morgan fingerprint density at radius 2 is 2.25 bits per heavy atom. The molecule has 2 saturated heterocycles. The van der Waals surface area contributed by atoms with Gasteiger partial charge in [-0.05, 0) is 12.8 Å². The number of rotatable bonds is 1. The standard InChI is InChI=1S/C8H14N2O2/c9-6-4-10(5-6)8(11)7-2-1-3-12-7/h6-7H,1-5,9H2. The zero-order valence-corrected chi connectivity index (χ0v) is 7.03. The molecule has 0 aromatic rings. The summed E-state index contributed by atoms with van der Waals surface area (Å²) in [6, 6.07) is 0.190. The van der Waals surface area contributed by atoms with Crippen molar-refractivity contribution >= 4 is 5.91 Å². The van der Waals surface area contributed by atoms with Crippen LogP contribution in [-0.4, -0.2) is 42.6 Å². The second-order valence-corrected chi connectivity index (χ2v) is 3.50. The second kappa shape index (κ2) is 3.03. The van der Waals surface area contributed by atoms with Crippen LogP contribution in [0, 0.1) is 0 Å². The Morgan fingerprint density at radius 1 is 1.50 bits per heavy atom. The Labute approximate surface area is 71.7 Å². The normalized spacial score (nSPS) is 30.4. The quantitative estimate of drug-likeness (QED) is 0.568. The van der Waals surface area contributed by atoms with E-state index < -0.39 is 0 Å². The summed E-state index contributed by atoms with van der Waals surface area (Å²) < 4.78 is 5.27. The van der Waals surface area contributed by atoms with Gasteiger partial charge in [-0.15, -0.1) is 0 Å². The summed E-state index contributed by atoms with van der Waals surface area (Å²) in [5.74, 6) is 0.134. The molecule has 0 aromatic carbocycles. The molecular formula is C8H14N2O2. The summed E-state index contributed by atoms with van der Waals surface area (Å²) in [4.78, 5) is 13.3. The average molecular weight is 170 g/mol. The Bertz CT molecular complexity index is 183. The van der Waals surface area contributed by atoms with Gasteiger partial charge < -0.3 is 15.4 Å². The van der Waals surface area contributed by atoms with Crippen molar-refractivity contribution in [1.82, 2.24) is 4.90 Å². The highest BCUT2D eigenvalue weighted by Gasteiger charge is 2.34. The summed E-state index contributed by atoms with van der Waals surface area (Å²) >= 11 is 0. The Balaban J connectivity index is 1.83. The van der Waals surface area contributed by atoms with E-state index in [4.69, 9.17) is 10.5 Å². The molecule has 0 bridgehead atoms. The number of nitrogens with two attached hydrogens (primary N) is 1. The van der Waals surface area contributed by atoms with Crippen molar-refractivity contribution in [3.05, 3.63) is 0 Å². The Hall–Kier alpha value is -0.610. The highest BCUT2D eigenvalue weighted by atomic mass is 16.5. The molecule has 0 radical (unpaired) electrons. The largest absolute Gasteiger partial charge is 0.368 e. The summed E-state index contributed by atoms with van der Waals surface area (Å²) in [6.07, 6.45) is 1.72. The third kappa shape index (κ3) is 1.32. The molecule has 0 spiro atoms. The van der Waals surface area contributed by atoms with Crippen molar-refractivity contribution in [3.63, 3.8) is 0 Å². The Kier molecular flexibility index (Phi) is 2.02. The maximum absolute atomic E-state index is 11.5. The number of likely N-dealkylation sites (tertiary alicyclic amines) is 1. The van der Waals surface area contributed by atoms with E-state index in [1.807, 2.05) is 0 Å². The Morgan fingerprint density at radius 3 is 2.75 bits per heavy atom. The van der Waals surface area contributed by atoms with Gasteiger partial charge in [-0.2, -0.15) is 0 Å². The fourth-order valence-electron chi connectivity index (χ4n) is 1.67. The van der Waals surface area contributed by atoms with Crippen molar-refractivity contribution in [3.8, 4) is 0 Å². The first kappa shape index (κ1) is 8.01. The molecule has 4 nitrogen and oxygen atoms in total. The number of carbonyl (C=O) groups excluding carboxylic acids is 1. The van der Waals surface area contributed by atoms with Crippen LogP contribution in [0.2, 0.25) is 0 Å². The minimum absolute atomic E-state index is 0.134. The van der Waals surface area contributed by atoms with Gasteiger partial charge in [0.1, 0.15) is 6.10 Å². The molecule has 12 heavy (non-hydrogen) atoms. The molecule has 1 unspecified atom stereocenters. The van der Waals surface area contributed by atoms with E-state index in [1.165, 1.54) is 0 Å². The molecular weight excluding hydrogens is 156 g/mol. The van der Waals surface area contributed by atoms with Gasteiger partial charge in [-0.25, -0.2) is 0 Å². The lowest BCUT2D eigenvalue weighted by molar-refractivity contribution is -0.145. The lowest BCUT2D eigenvalue weighted by Crippen LogP contribution is -2.59. The van der Waals surface area contributed by atoms with Gasteiger partial charge in [0, 0.05) is 25.7 Å². The molecule has 68 valence electrons. The van der Waals surface area contributed by atoms with Crippen LogP contribution >= 0.6 is 0 Å². The SMILES string of the molecule is NC1CN(C(=O)C2CCCO2)C1. The van der Waals surface area contributed by atoms with Gasteiger partial charge >= 0.3 is 0 Å². The molecule has 2 rings (SSSR count). The molecule has 2 aliphatic heterocycles. The summed E-state index contributed by atoms with van der Waals surface area (Å²) in [7, 11) is 0. The van der Waals surface area contributed by atoms with Crippen LogP contribution in [0.25, 0.3) is 0 Å². The van der Waals surface area contributed by atoms with E-state index in [0.717, 1.165) is 19.4 Å². The van der Waals surface area contributed by atoms with Gasteiger partial charge in [-0.3, -0.25) is 4.79 Å². The third-order valence-corrected chi connectivity index (χ3v) is 2.43. The molecule has 1 atom stereocenters. The lowest BCUT2D eigenvalue weighted by atomic mass is 10.1. The van der Waals surface area contributed by atoms with Gasteiger partial charge in [0.05, 0.1) is 0 Å². The maximum Gasteiger partial charge on any atom is 0.251 e. The minimum atomic E-state index is -0.169. The molecule has 2 N–H and O–H groups in total. The molecule has 2 heterocycles. The number of nitrogens with zero attached hydrogens (tertiary/aromatic N) is 1. The zero-order chi connectivity index (χ0) is 8.55. The van der Waals surface area contributed by atoms with Crippen molar-refractivity contribution in [1.29, 1.82) is 0 Å². The average Bonchev–Trinajstić information content (AvgIpc) is 2.49. The molecule has 4 heteroatoms. The summed E-state index contributed by atoms with van der Waals surface area (Å²) in [5, 5.41) is 0. The molecule has 0 aliphatic carbocycles. The summed E-state index contributed by atoms with van der Waals surface area (Å²) in [5.41, 5.74) is 5.57. The van der Waals surface area contributed by atoms with E-state index in [0.29, 0.717) is 13.1 Å². The first-order valence-electron chi connectivity index (χ1n) is 4.43. The minimum Gasteiger partial charge on any atom is -0.368 e. The number of carbonyl (C=O) groups is 1. The highest BCUT2D eigenvalue weighted by molar-refractivity contribution is 5.82. The number of amides is 1. The van der Waals surface area contributed by atoms with Crippen LogP contribution in [0.5, 0.6) is 0 Å². The van der Waals surface area contributed by atoms with Crippen LogP contribution < -0.4 is 5.73 Å². The molecule has 0 aromatic heterocycles. The number of hydrogen-bond donors (Lipinski definition) is 1. The third-order valence-electron chi connectivity index (χ3n) is 2.43.